The molecule has 4 aromatic carbocycles. The lowest BCUT2D eigenvalue weighted by atomic mass is 10.0. The molecule has 0 amide bonds. The van der Waals surface area contributed by atoms with Gasteiger partial charge in [-0.15, -0.1) is 0 Å². The van der Waals surface area contributed by atoms with Crippen molar-refractivity contribution in [2.75, 3.05) is 0 Å². The molecule has 0 spiro atoms. The number of para-hydroxylation sites is 2. The number of hydrogen-bond acceptors (Lipinski definition) is 3. The molecule has 0 unspecified atom stereocenters. The Hall–Kier alpha value is -4.63. The number of rotatable bonds is 4. The Labute approximate surface area is 223 Å². The van der Waals surface area contributed by atoms with Gasteiger partial charge in [-0.25, -0.2) is 4.98 Å². The van der Waals surface area contributed by atoms with E-state index < -0.39 is 0 Å². The van der Waals surface area contributed by atoms with Crippen LogP contribution in [0.1, 0.15) is 35.4 Å². The average molecular weight is 490 g/mol. The number of fused-ring (bicyclic) bond motifs is 2. The highest BCUT2D eigenvalue weighted by atomic mass is 14.9. The molecule has 182 valence electrons. The largest absolute Gasteiger partial charge is 0.251 e. The van der Waals surface area contributed by atoms with E-state index in [1.165, 1.54) is 22.3 Å². The molecule has 7 rings (SSSR count). The van der Waals surface area contributed by atoms with Gasteiger partial charge >= 0.3 is 0 Å². The van der Waals surface area contributed by atoms with Gasteiger partial charge < -0.3 is 0 Å². The molecule has 1 aromatic heterocycles. The van der Waals surface area contributed by atoms with Crippen molar-refractivity contribution in [1.29, 1.82) is 0 Å². The Morgan fingerprint density at radius 3 is 1.34 bits per heavy atom. The molecule has 0 saturated carbocycles. The van der Waals surface area contributed by atoms with Gasteiger partial charge in [0, 0.05) is 11.1 Å². The topological polar surface area (TPSA) is 37.6 Å². The zero-order valence-electron chi connectivity index (χ0n) is 21.1. The minimum atomic E-state index is 0.914. The van der Waals surface area contributed by atoms with Crippen LogP contribution in [0.4, 0.5) is 11.4 Å². The van der Waals surface area contributed by atoms with Crippen molar-refractivity contribution in [3.8, 4) is 22.3 Å². The minimum Gasteiger partial charge on any atom is -0.251 e. The standard InChI is InChI=1S/C35H27N3/c1-3-11-24(12-4-1)28-15-7-9-17-30(28)36-32-21-19-26-23-27-20-22-33(35(27)38-34(26)32)37-31-18-10-8-16-29(31)25-13-5-2-6-14-25/h1-18,23H,19-22H2/b36-32+,37-33+. The van der Waals surface area contributed by atoms with Gasteiger partial charge in [-0.05, 0) is 60.1 Å². The van der Waals surface area contributed by atoms with Crippen molar-refractivity contribution in [3.63, 3.8) is 0 Å². The maximum absolute atomic E-state index is 5.23. The van der Waals surface area contributed by atoms with Crippen LogP contribution in [0.3, 0.4) is 0 Å². The van der Waals surface area contributed by atoms with Gasteiger partial charge in [0.15, 0.2) is 0 Å². The monoisotopic (exact) mass is 489 g/mol. The summed E-state index contributed by atoms with van der Waals surface area (Å²) in [5, 5.41) is 0. The summed E-state index contributed by atoms with van der Waals surface area (Å²) < 4.78 is 0. The third-order valence-corrected chi connectivity index (χ3v) is 7.48. The van der Waals surface area contributed by atoms with E-state index in [0.29, 0.717) is 0 Å². The fourth-order valence-corrected chi connectivity index (χ4v) is 5.60. The maximum Gasteiger partial charge on any atom is 0.0885 e. The number of hydrogen-bond donors (Lipinski definition) is 0. The van der Waals surface area contributed by atoms with E-state index in [1.807, 2.05) is 12.1 Å². The molecule has 0 N–H and O–H groups in total. The molecule has 0 radical (unpaired) electrons. The van der Waals surface area contributed by atoms with Crippen LogP contribution in [0.2, 0.25) is 0 Å². The first-order valence-electron chi connectivity index (χ1n) is 13.3. The van der Waals surface area contributed by atoms with Crippen LogP contribution in [0.15, 0.2) is 125 Å². The Balaban J connectivity index is 1.28. The van der Waals surface area contributed by atoms with Crippen molar-refractivity contribution >= 4 is 22.8 Å². The van der Waals surface area contributed by atoms with Crippen LogP contribution >= 0.6 is 0 Å². The van der Waals surface area contributed by atoms with E-state index >= 15 is 0 Å². The number of benzene rings is 4. The molecular weight excluding hydrogens is 462 g/mol. The van der Waals surface area contributed by atoms with Crippen molar-refractivity contribution in [3.05, 3.63) is 138 Å². The Morgan fingerprint density at radius 2 is 0.868 bits per heavy atom. The Morgan fingerprint density at radius 1 is 0.447 bits per heavy atom. The first kappa shape index (κ1) is 22.6. The summed E-state index contributed by atoms with van der Waals surface area (Å²) in [4.78, 5) is 15.6. The molecule has 1 heterocycles. The number of aryl methyl sites for hydroxylation is 2. The molecule has 0 saturated heterocycles. The first-order chi connectivity index (χ1) is 18.8. The van der Waals surface area contributed by atoms with Crippen LogP contribution in [0.25, 0.3) is 22.3 Å². The molecule has 2 aliphatic rings. The molecule has 0 bridgehead atoms. The predicted octanol–water partition coefficient (Wildman–Crippen LogP) is 8.55. The summed E-state index contributed by atoms with van der Waals surface area (Å²) in [6.45, 7) is 0. The summed E-state index contributed by atoms with van der Waals surface area (Å²) in [7, 11) is 0. The summed E-state index contributed by atoms with van der Waals surface area (Å²) in [6.07, 6.45) is 3.81. The third kappa shape index (κ3) is 4.16. The van der Waals surface area contributed by atoms with Gasteiger partial charge in [-0.3, -0.25) is 9.98 Å². The van der Waals surface area contributed by atoms with Crippen molar-refractivity contribution in [1.82, 2.24) is 4.98 Å². The molecule has 0 fully saturated rings. The van der Waals surface area contributed by atoms with Gasteiger partial charge in [0.2, 0.25) is 0 Å². The summed E-state index contributed by atoms with van der Waals surface area (Å²) >= 11 is 0. The van der Waals surface area contributed by atoms with Crippen molar-refractivity contribution < 1.29 is 0 Å². The lowest BCUT2D eigenvalue weighted by Gasteiger charge is -2.09. The summed E-state index contributed by atoms with van der Waals surface area (Å²) in [5.74, 6) is 0. The SMILES string of the molecule is c1ccc(-c2ccccc2/N=C2\CCc3cc4c(nc32)/C(=N/c2ccccc2-c2ccccc2)CC4)cc1. The fraction of sp³-hybridized carbons (Fsp3) is 0.114. The van der Waals surface area contributed by atoms with Crippen LogP contribution in [-0.2, 0) is 12.8 Å². The highest BCUT2D eigenvalue weighted by molar-refractivity contribution is 6.09. The van der Waals surface area contributed by atoms with Crippen molar-refractivity contribution in [2.45, 2.75) is 25.7 Å². The van der Waals surface area contributed by atoms with E-state index in [1.54, 1.807) is 0 Å². The molecular formula is C35H27N3. The highest BCUT2D eigenvalue weighted by Crippen LogP contribution is 2.36. The number of aromatic nitrogens is 1. The van der Waals surface area contributed by atoms with E-state index in [4.69, 9.17) is 15.0 Å². The summed E-state index contributed by atoms with van der Waals surface area (Å²) in [6, 6.07) is 40.1. The number of pyridine rings is 1. The fourth-order valence-electron chi connectivity index (χ4n) is 5.60. The number of nitrogens with zero attached hydrogens (tertiary/aromatic N) is 3. The van der Waals surface area contributed by atoms with Gasteiger partial charge in [0.05, 0.1) is 34.2 Å². The second-order valence-corrected chi connectivity index (χ2v) is 9.89. The maximum atomic E-state index is 5.23. The summed E-state index contributed by atoms with van der Waals surface area (Å²) in [5.41, 5.74) is 13.5. The van der Waals surface area contributed by atoms with Crippen LogP contribution in [-0.4, -0.2) is 16.4 Å². The van der Waals surface area contributed by atoms with Crippen LogP contribution in [0.5, 0.6) is 0 Å². The Kier molecular flexibility index (Phi) is 5.75. The average Bonchev–Trinajstić information content (AvgIpc) is 3.56. The van der Waals surface area contributed by atoms with E-state index in [-0.39, 0.29) is 0 Å². The normalized spacial score (nSPS) is 16.1. The highest BCUT2D eigenvalue weighted by Gasteiger charge is 2.27. The lowest BCUT2D eigenvalue weighted by Crippen LogP contribution is -2.05. The van der Waals surface area contributed by atoms with Gasteiger partial charge in [-0.1, -0.05) is 103 Å². The molecule has 5 aromatic rings. The van der Waals surface area contributed by atoms with E-state index in [2.05, 4.69) is 103 Å². The van der Waals surface area contributed by atoms with Crippen LogP contribution in [0, 0.1) is 0 Å². The lowest BCUT2D eigenvalue weighted by molar-refractivity contribution is 1.05. The van der Waals surface area contributed by atoms with Gasteiger partial charge in [-0.2, -0.15) is 0 Å². The van der Waals surface area contributed by atoms with E-state index in [9.17, 15) is 0 Å². The molecule has 3 heteroatoms. The van der Waals surface area contributed by atoms with Crippen molar-refractivity contribution in [2.24, 2.45) is 9.98 Å². The molecule has 3 nitrogen and oxygen atoms in total. The quantitative estimate of drug-likeness (QED) is 0.249. The second-order valence-electron chi connectivity index (χ2n) is 9.89. The molecule has 38 heavy (non-hydrogen) atoms. The molecule has 0 atom stereocenters. The predicted molar refractivity (Wildman–Crippen MR) is 157 cm³/mol. The zero-order chi connectivity index (χ0) is 25.3. The molecule has 0 aliphatic heterocycles. The second kappa shape index (κ2) is 9.68. The number of aliphatic imine (C=N–C) groups is 2. The first-order valence-corrected chi connectivity index (χ1v) is 13.3. The van der Waals surface area contributed by atoms with Crippen LogP contribution < -0.4 is 0 Å². The van der Waals surface area contributed by atoms with Gasteiger partial charge in [0.1, 0.15) is 0 Å². The third-order valence-electron chi connectivity index (χ3n) is 7.48. The Bertz CT molecular complexity index is 1570. The smallest absolute Gasteiger partial charge is 0.0885 e. The van der Waals surface area contributed by atoms with Gasteiger partial charge in [0.25, 0.3) is 0 Å². The van der Waals surface area contributed by atoms with E-state index in [0.717, 1.165) is 71.0 Å². The zero-order valence-corrected chi connectivity index (χ0v) is 21.1. The molecule has 2 aliphatic carbocycles. The minimum absolute atomic E-state index is 0.914.